The fourth-order valence-electron chi connectivity index (χ4n) is 3.06. The molecule has 9 heteroatoms. The summed E-state index contributed by atoms with van der Waals surface area (Å²) < 4.78 is 1.82. The molecule has 7 nitrogen and oxygen atoms in total. The van der Waals surface area contributed by atoms with Gasteiger partial charge in [-0.2, -0.15) is 0 Å². The summed E-state index contributed by atoms with van der Waals surface area (Å²) in [6, 6.07) is 16.1. The molecule has 32 heavy (non-hydrogen) atoms. The second-order valence-corrected chi connectivity index (χ2v) is 9.03. The summed E-state index contributed by atoms with van der Waals surface area (Å²) in [7, 11) is 1.84. The van der Waals surface area contributed by atoms with E-state index in [1.165, 1.54) is 11.8 Å². The van der Waals surface area contributed by atoms with Crippen molar-refractivity contribution < 1.29 is 9.59 Å². The average Bonchev–Trinajstić information content (AvgIpc) is 3.15. The highest BCUT2D eigenvalue weighted by atomic mass is 35.5. The summed E-state index contributed by atoms with van der Waals surface area (Å²) in [6.45, 7) is 4.49. The van der Waals surface area contributed by atoms with Gasteiger partial charge in [0.1, 0.15) is 0 Å². The van der Waals surface area contributed by atoms with Crippen molar-refractivity contribution in [3.05, 3.63) is 76.6 Å². The van der Waals surface area contributed by atoms with E-state index in [0.717, 1.165) is 5.56 Å². The zero-order chi connectivity index (χ0) is 23.1. The van der Waals surface area contributed by atoms with E-state index in [2.05, 4.69) is 20.8 Å². The lowest BCUT2D eigenvalue weighted by atomic mass is 10.0. The second-order valence-electron chi connectivity index (χ2n) is 7.65. The number of carbonyl (C=O) groups excluding carboxylic acids is 2. The maximum atomic E-state index is 12.7. The Morgan fingerprint density at radius 2 is 1.75 bits per heavy atom. The number of nitrogens with one attached hydrogen (secondary N) is 2. The van der Waals surface area contributed by atoms with Gasteiger partial charge in [0.15, 0.2) is 11.0 Å². The molecule has 168 valence electrons. The lowest BCUT2D eigenvalue weighted by Gasteiger charge is -2.21. The lowest BCUT2D eigenvalue weighted by molar-refractivity contribution is -0.118. The molecule has 0 fully saturated rings. The van der Waals surface area contributed by atoms with Gasteiger partial charge in [-0.25, -0.2) is 0 Å². The van der Waals surface area contributed by atoms with Gasteiger partial charge in [0.05, 0.1) is 11.8 Å². The SMILES string of the molecule is CC(C)[C@@H](NC(=O)c1ccc(Cl)cc1)c1nnc(SCC(=O)NCc2ccccc2)n1C. The number of thioether (sulfide) groups is 1. The van der Waals surface area contributed by atoms with Crippen molar-refractivity contribution in [3.63, 3.8) is 0 Å². The Balaban J connectivity index is 1.61. The van der Waals surface area contributed by atoms with Crippen LogP contribution < -0.4 is 10.6 Å². The van der Waals surface area contributed by atoms with E-state index in [0.29, 0.717) is 28.1 Å². The predicted molar refractivity (Wildman–Crippen MR) is 127 cm³/mol. The van der Waals surface area contributed by atoms with Crippen molar-refractivity contribution in [2.75, 3.05) is 5.75 Å². The zero-order valence-electron chi connectivity index (χ0n) is 18.2. The van der Waals surface area contributed by atoms with Gasteiger partial charge < -0.3 is 15.2 Å². The number of benzene rings is 2. The molecule has 1 aromatic heterocycles. The minimum atomic E-state index is -0.336. The first-order chi connectivity index (χ1) is 15.3. The van der Waals surface area contributed by atoms with Crippen molar-refractivity contribution >= 4 is 35.2 Å². The number of carbonyl (C=O) groups is 2. The number of halogens is 1. The minimum Gasteiger partial charge on any atom is -0.351 e. The van der Waals surface area contributed by atoms with Gasteiger partial charge in [-0.1, -0.05) is 67.5 Å². The van der Waals surface area contributed by atoms with Crippen LogP contribution in [0.4, 0.5) is 0 Å². The number of hydrogen-bond acceptors (Lipinski definition) is 5. The van der Waals surface area contributed by atoms with Crippen LogP contribution >= 0.6 is 23.4 Å². The monoisotopic (exact) mass is 471 g/mol. The zero-order valence-corrected chi connectivity index (χ0v) is 19.8. The third-order valence-electron chi connectivity index (χ3n) is 4.87. The Kier molecular flexibility index (Phi) is 8.30. The van der Waals surface area contributed by atoms with E-state index >= 15 is 0 Å². The van der Waals surface area contributed by atoms with Gasteiger partial charge in [-0.05, 0) is 35.7 Å². The highest BCUT2D eigenvalue weighted by Crippen LogP contribution is 2.24. The van der Waals surface area contributed by atoms with Gasteiger partial charge in [-0.3, -0.25) is 9.59 Å². The Labute approximate surface area is 197 Å². The van der Waals surface area contributed by atoms with Crippen LogP contribution in [0.2, 0.25) is 5.02 Å². The van der Waals surface area contributed by atoms with Crippen LogP contribution in [-0.2, 0) is 18.4 Å². The van der Waals surface area contributed by atoms with Gasteiger partial charge in [0.25, 0.3) is 5.91 Å². The molecule has 0 bridgehead atoms. The minimum absolute atomic E-state index is 0.0835. The summed E-state index contributed by atoms with van der Waals surface area (Å²) in [6.07, 6.45) is 0. The smallest absolute Gasteiger partial charge is 0.251 e. The Morgan fingerprint density at radius 1 is 1.06 bits per heavy atom. The van der Waals surface area contributed by atoms with Crippen molar-refractivity contribution in [3.8, 4) is 0 Å². The van der Waals surface area contributed by atoms with Gasteiger partial charge >= 0.3 is 0 Å². The third-order valence-corrected chi connectivity index (χ3v) is 6.14. The summed E-state index contributed by atoms with van der Waals surface area (Å²) in [5.41, 5.74) is 1.56. The van der Waals surface area contributed by atoms with Crippen molar-refractivity contribution in [1.82, 2.24) is 25.4 Å². The topological polar surface area (TPSA) is 88.9 Å². The first-order valence-electron chi connectivity index (χ1n) is 10.2. The number of aromatic nitrogens is 3. The van der Waals surface area contributed by atoms with E-state index in [4.69, 9.17) is 11.6 Å². The van der Waals surface area contributed by atoms with Gasteiger partial charge in [-0.15, -0.1) is 10.2 Å². The normalized spacial score (nSPS) is 11.9. The van der Waals surface area contributed by atoms with E-state index in [1.807, 2.05) is 55.8 Å². The standard InChI is InChI=1S/C23H26ClN5O2S/c1-15(2)20(26-22(31)17-9-11-18(24)12-10-17)21-27-28-23(29(21)3)32-14-19(30)25-13-16-7-5-4-6-8-16/h4-12,15,20H,13-14H2,1-3H3,(H,25,30)(H,26,31)/t20-/m1/s1. The molecule has 0 unspecified atom stereocenters. The summed E-state index contributed by atoms with van der Waals surface area (Å²) >= 11 is 7.22. The van der Waals surface area contributed by atoms with Crippen LogP contribution in [-0.4, -0.2) is 32.3 Å². The molecule has 2 N–H and O–H groups in total. The Hall–Kier alpha value is -2.84. The van der Waals surface area contributed by atoms with E-state index < -0.39 is 0 Å². The number of rotatable bonds is 9. The quantitative estimate of drug-likeness (QED) is 0.460. The molecule has 0 aliphatic heterocycles. The van der Waals surface area contributed by atoms with E-state index in [-0.39, 0.29) is 29.5 Å². The first-order valence-corrected chi connectivity index (χ1v) is 11.6. The molecule has 1 atom stereocenters. The highest BCUT2D eigenvalue weighted by molar-refractivity contribution is 7.99. The van der Waals surface area contributed by atoms with Crippen LogP contribution in [0.5, 0.6) is 0 Å². The van der Waals surface area contributed by atoms with Gasteiger partial charge in [0.2, 0.25) is 5.91 Å². The molecule has 0 saturated carbocycles. The molecule has 2 aromatic carbocycles. The highest BCUT2D eigenvalue weighted by Gasteiger charge is 2.25. The average molecular weight is 472 g/mol. The number of amides is 2. The Morgan fingerprint density at radius 3 is 2.41 bits per heavy atom. The Bertz CT molecular complexity index is 1050. The van der Waals surface area contributed by atoms with Gasteiger partial charge in [0, 0.05) is 24.2 Å². The number of nitrogens with zero attached hydrogens (tertiary/aromatic N) is 3. The third kappa shape index (κ3) is 6.34. The van der Waals surface area contributed by atoms with E-state index in [1.54, 1.807) is 24.3 Å². The molecule has 0 aliphatic carbocycles. The van der Waals surface area contributed by atoms with Crippen LogP contribution in [0.3, 0.4) is 0 Å². The number of hydrogen-bond donors (Lipinski definition) is 2. The lowest BCUT2D eigenvalue weighted by Crippen LogP contribution is -2.33. The fraction of sp³-hybridized carbons (Fsp3) is 0.304. The molecule has 0 radical (unpaired) electrons. The molecular formula is C23H26ClN5O2S. The van der Waals surface area contributed by atoms with Crippen molar-refractivity contribution in [2.45, 2.75) is 31.6 Å². The summed E-state index contributed by atoms with van der Waals surface area (Å²) in [5.74, 6) is 0.649. The van der Waals surface area contributed by atoms with Crippen LogP contribution in [0.15, 0.2) is 59.8 Å². The molecule has 3 rings (SSSR count). The molecule has 1 heterocycles. The van der Waals surface area contributed by atoms with Crippen molar-refractivity contribution in [2.24, 2.45) is 13.0 Å². The first kappa shape index (κ1) is 23.8. The van der Waals surface area contributed by atoms with Crippen molar-refractivity contribution in [1.29, 1.82) is 0 Å². The maximum Gasteiger partial charge on any atom is 0.251 e. The van der Waals surface area contributed by atoms with Crippen LogP contribution in [0.1, 0.15) is 41.6 Å². The fourth-order valence-corrected chi connectivity index (χ4v) is 3.93. The summed E-state index contributed by atoms with van der Waals surface area (Å²) in [4.78, 5) is 24.9. The van der Waals surface area contributed by atoms with Crippen LogP contribution in [0.25, 0.3) is 0 Å². The predicted octanol–water partition coefficient (Wildman–Crippen LogP) is 4.00. The maximum absolute atomic E-state index is 12.7. The largest absolute Gasteiger partial charge is 0.351 e. The molecule has 0 spiro atoms. The molecular weight excluding hydrogens is 446 g/mol. The molecule has 0 aliphatic rings. The van der Waals surface area contributed by atoms with E-state index in [9.17, 15) is 9.59 Å². The molecule has 3 aromatic rings. The molecule has 2 amide bonds. The molecule has 0 saturated heterocycles. The van der Waals surface area contributed by atoms with Crippen LogP contribution in [0, 0.1) is 5.92 Å². The summed E-state index contributed by atoms with van der Waals surface area (Å²) in [5, 5.41) is 15.6. The second kappa shape index (κ2) is 11.2.